The van der Waals surface area contributed by atoms with Gasteiger partial charge >= 0.3 is 5.97 Å². The lowest BCUT2D eigenvalue weighted by atomic mass is 10.00. The summed E-state index contributed by atoms with van der Waals surface area (Å²) in [5.41, 5.74) is 0.909. The summed E-state index contributed by atoms with van der Waals surface area (Å²) in [4.78, 5) is 29.1. The molecule has 0 radical (unpaired) electrons. The number of benzene rings is 1. The van der Waals surface area contributed by atoms with Crippen molar-refractivity contribution >= 4 is 11.8 Å². The summed E-state index contributed by atoms with van der Waals surface area (Å²) in [5, 5.41) is 10.1. The van der Waals surface area contributed by atoms with Gasteiger partial charge in [0.25, 0.3) is 0 Å². The molecule has 0 bridgehead atoms. The first-order valence-corrected chi connectivity index (χ1v) is 10.4. The van der Waals surface area contributed by atoms with E-state index in [9.17, 15) is 14.7 Å². The topological polar surface area (TPSA) is 95.0 Å². The number of hydrogen-bond donors (Lipinski definition) is 1. The predicted octanol–water partition coefficient (Wildman–Crippen LogP) is 4.18. The Kier molecular flexibility index (Phi) is 9.00. The van der Waals surface area contributed by atoms with Crippen molar-refractivity contribution < 1.29 is 28.9 Å². The number of pyridine rings is 1. The van der Waals surface area contributed by atoms with Crippen LogP contribution >= 0.6 is 0 Å². The van der Waals surface area contributed by atoms with Gasteiger partial charge in [0.15, 0.2) is 23.0 Å². The van der Waals surface area contributed by atoms with Crippen LogP contribution in [0.4, 0.5) is 0 Å². The van der Waals surface area contributed by atoms with Crippen molar-refractivity contribution in [2.45, 2.75) is 52.9 Å². The lowest BCUT2D eigenvalue weighted by Gasteiger charge is -2.28. The SMILES string of the molecule is COc1ccnc(C(=O)C[C@@H](C)C(=O)O[C@H](C(C)C)[C@H](C)OCc2ccccc2)c1O. The maximum Gasteiger partial charge on any atom is 0.309 e. The number of esters is 1. The number of carbonyl (C=O) groups excluding carboxylic acids is 2. The molecule has 7 nitrogen and oxygen atoms in total. The number of Topliss-reactive ketones (excluding diaryl/α,β-unsaturated/α-hetero) is 1. The molecule has 0 amide bonds. The molecule has 31 heavy (non-hydrogen) atoms. The molecule has 0 aliphatic heterocycles. The molecule has 1 heterocycles. The minimum atomic E-state index is -0.706. The number of carbonyl (C=O) groups is 2. The van der Waals surface area contributed by atoms with Gasteiger partial charge in [0.1, 0.15) is 6.10 Å². The van der Waals surface area contributed by atoms with E-state index in [1.165, 1.54) is 19.4 Å². The first kappa shape index (κ1) is 24.3. The average Bonchev–Trinajstić information content (AvgIpc) is 2.76. The normalized spacial score (nSPS) is 14.0. The molecule has 0 aliphatic carbocycles. The van der Waals surface area contributed by atoms with E-state index in [1.807, 2.05) is 51.1 Å². The lowest BCUT2D eigenvalue weighted by Crippen LogP contribution is -2.37. The zero-order valence-corrected chi connectivity index (χ0v) is 18.7. The van der Waals surface area contributed by atoms with E-state index in [-0.39, 0.29) is 35.6 Å². The van der Waals surface area contributed by atoms with E-state index < -0.39 is 23.8 Å². The number of aromatic nitrogens is 1. The van der Waals surface area contributed by atoms with Crippen molar-refractivity contribution in [2.75, 3.05) is 7.11 Å². The summed E-state index contributed by atoms with van der Waals surface area (Å²) in [6.45, 7) is 7.81. The van der Waals surface area contributed by atoms with Crippen LogP contribution in [0.3, 0.4) is 0 Å². The van der Waals surface area contributed by atoms with Crippen LogP contribution in [0.25, 0.3) is 0 Å². The van der Waals surface area contributed by atoms with Gasteiger partial charge in [-0.1, -0.05) is 51.1 Å². The zero-order valence-electron chi connectivity index (χ0n) is 18.7. The number of aromatic hydroxyl groups is 1. The van der Waals surface area contributed by atoms with Crippen molar-refractivity contribution in [1.29, 1.82) is 0 Å². The third-order valence-electron chi connectivity index (χ3n) is 4.99. The molecule has 1 aromatic heterocycles. The molecule has 168 valence electrons. The Bertz CT molecular complexity index is 868. The van der Waals surface area contributed by atoms with Crippen LogP contribution in [0, 0.1) is 11.8 Å². The molecular weight excluding hydrogens is 398 g/mol. The number of rotatable bonds is 11. The fourth-order valence-electron chi connectivity index (χ4n) is 3.18. The molecule has 0 saturated heterocycles. The van der Waals surface area contributed by atoms with Gasteiger partial charge in [-0.25, -0.2) is 4.98 Å². The summed E-state index contributed by atoms with van der Waals surface area (Å²) in [6.07, 6.45) is 0.444. The summed E-state index contributed by atoms with van der Waals surface area (Å²) >= 11 is 0. The molecule has 0 unspecified atom stereocenters. The summed E-state index contributed by atoms with van der Waals surface area (Å²) < 4.78 is 16.6. The Hall–Kier alpha value is -2.93. The van der Waals surface area contributed by atoms with E-state index in [1.54, 1.807) is 6.92 Å². The fourth-order valence-corrected chi connectivity index (χ4v) is 3.18. The van der Waals surface area contributed by atoms with Gasteiger partial charge < -0.3 is 19.3 Å². The number of methoxy groups -OCH3 is 1. The molecule has 0 aliphatic rings. The minimum Gasteiger partial charge on any atom is -0.503 e. The van der Waals surface area contributed by atoms with Crippen molar-refractivity contribution in [3.8, 4) is 11.5 Å². The summed E-state index contributed by atoms with van der Waals surface area (Å²) in [6, 6.07) is 11.2. The monoisotopic (exact) mass is 429 g/mol. The first-order valence-electron chi connectivity index (χ1n) is 10.4. The molecule has 1 aromatic carbocycles. The van der Waals surface area contributed by atoms with E-state index in [4.69, 9.17) is 14.2 Å². The number of ketones is 1. The van der Waals surface area contributed by atoms with E-state index in [2.05, 4.69) is 4.98 Å². The van der Waals surface area contributed by atoms with E-state index >= 15 is 0 Å². The Balaban J connectivity index is 1.97. The van der Waals surface area contributed by atoms with Crippen LogP contribution < -0.4 is 4.74 Å². The van der Waals surface area contributed by atoms with Gasteiger partial charge in [-0.3, -0.25) is 9.59 Å². The van der Waals surface area contributed by atoms with Gasteiger partial charge in [0.05, 0.1) is 25.7 Å². The summed E-state index contributed by atoms with van der Waals surface area (Å²) in [7, 11) is 1.39. The second-order valence-electron chi connectivity index (χ2n) is 7.89. The highest BCUT2D eigenvalue weighted by atomic mass is 16.6. The lowest BCUT2D eigenvalue weighted by molar-refractivity contribution is -0.165. The van der Waals surface area contributed by atoms with Crippen molar-refractivity contribution in [1.82, 2.24) is 4.98 Å². The van der Waals surface area contributed by atoms with Crippen LogP contribution in [0.5, 0.6) is 11.5 Å². The highest BCUT2D eigenvalue weighted by Gasteiger charge is 2.30. The van der Waals surface area contributed by atoms with Gasteiger partial charge in [-0.05, 0) is 18.4 Å². The standard InChI is InChI=1S/C24H31NO6/c1-15(2)23(17(4)30-14-18-9-7-6-8-10-18)31-24(28)16(3)13-19(26)21-22(27)20(29-5)11-12-25-21/h6-12,15-17,23,27H,13-14H2,1-5H3/t16-,17+,23-/m1/s1. The average molecular weight is 430 g/mol. The third kappa shape index (κ3) is 6.79. The molecule has 2 aromatic rings. The third-order valence-corrected chi connectivity index (χ3v) is 4.99. The molecule has 7 heteroatoms. The Labute approximate surface area is 183 Å². The highest BCUT2D eigenvalue weighted by Crippen LogP contribution is 2.29. The van der Waals surface area contributed by atoms with E-state index in [0.717, 1.165) is 5.56 Å². The van der Waals surface area contributed by atoms with Crippen LogP contribution in [0.2, 0.25) is 0 Å². The van der Waals surface area contributed by atoms with Crippen molar-refractivity contribution in [3.63, 3.8) is 0 Å². The Morgan fingerprint density at radius 2 is 1.74 bits per heavy atom. The van der Waals surface area contributed by atoms with E-state index in [0.29, 0.717) is 6.61 Å². The Morgan fingerprint density at radius 1 is 1.06 bits per heavy atom. The van der Waals surface area contributed by atoms with Crippen molar-refractivity contribution in [2.24, 2.45) is 11.8 Å². The fraction of sp³-hybridized carbons (Fsp3) is 0.458. The number of hydrogen-bond acceptors (Lipinski definition) is 7. The van der Waals surface area contributed by atoms with Gasteiger partial charge in [-0.15, -0.1) is 0 Å². The molecule has 0 saturated carbocycles. The number of nitrogens with zero attached hydrogens (tertiary/aromatic N) is 1. The van der Waals surface area contributed by atoms with Crippen LogP contribution in [0.1, 0.15) is 50.2 Å². The molecule has 2 rings (SSSR count). The van der Waals surface area contributed by atoms with Crippen molar-refractivity contribution in [3.05, 3.63) is 53.9 Å². The van der Waals surface area contributed by atoms with Gasteiger partial charge in [0, 0.05) is 18.7 Å². The van der Waals surface area contributed by atoms with Gasteiger partial charge in [0.2, 0.25) is 0 Å². The second kappa shape index (κ2) is 11.5. The second-order valence-corrected chi connectivity index (χ2v) is 7.89. The Morgan fingerprint density at radius 3 is 2.35 bits per heavy atom. The maximum absolute atomic E-state index is 12.7. The molecule has 0 spiro atoms. The molecule has 0 fully saturated rings. The molecule has 1 N–H and O–H groups in total. The number of ether oxygens (including phenoxy) is 3. The molecule has 3 atom stereocenters. The first-order chi connectivity index (χ1) is 14.7. The largest absolute Gasteiger partial charge is 0.503 e. The van der Waals surface area contributed by atoms with Crippen LogP contribution in [0.15, 0.2) is 42.6 Å². The highest BCUT2D eigenvalue weighted by molar-refractivity contribution is 5.99. The predicted molar refractivity (Wildman–Crippen MR) is 116 cm³/mol. The van der Waals surface area contributed by atoms with Crippen LogP contribution in [-0.4, -0.2) is 41.2 Å². The van der Waals surface area contributed by atoms with Crippen LogP contribution in [-0.2, 0) is 20.9 Å². The maximum atomic E-state index is 12.7. The minimum absolute atomic E-state index is 0.0294. The summed E-state index contributed by atoms with van der Waals surface area (Å²) in [5.74, 6) is -1.82. The zero-order chi connectivity index (χ0) is 23.0. The quantitative estimate of drug-likeness (QED) is 0.423. The van der Waals surface area contributed by atoms with Gasteiger partial charge in [-0.2, -0.15) is 0 Å². The smallest absolute Gasteiger partial charge is 0.309 e. The molecular formula is C24H31NO6.